The number of rotatable bonds is 7. The number of methoxy groups -OCH3 is 1. The predicted molar refractivity (Wildman–Crippen MR) is 97.6 cm³/mol. The number of nitrogens with one attached hydrogen (secondary N) is 2. The number of hydrogen-bond acceptors (Lipinski definition) is 6. The van der Waals surface area contributed by atoms with E-state index in [-0.39, 0.29) is 17.7 Å². The molecular formula is C17H22N4O3S. The highest BCUT2D eigenvalue weighted by molar-refractivity contribution is 7.18. The molecule has 2 rings (SSSR count). The highest BCUT2D eigenvalue weighted by Gasteiger charge is 2.24. The van der Waals surface area contributed by atoms with Gasteiger partial charge in [0, 0.05) is 12.0 Å². The fourth-order valence-corrected chi connectivity index (χ4v) is 2.87. The molecule has 0 spiro atoms. The van der Waals surface area contributed by atoms with Gasteiger partial charge in [0.2, 0.25) is 16.9 Å². The topological polar surface area (TPSA) is 93.2 Å². The minimum atomic E-state index is -0.610. The van der Waals surface area contributed by atoms with E-state index in [0.717, 1.165) is 11.3 Å². The van der Waals surface area contributed by atoms with Gasteiger partial charge in [-0.2, -0.15) is 0 Å². The molecule has 8 heteroatoms. The molecule has 0 aliphatic heterocycles. The second kappa shape index (κ2) is 8.57. The standard InChI is InChI=1S/C17H22N4O3S/c1-5-13(22)18-14(10(2)3)15(23)19-17-21-20-16(25-17)11-6-8-12(24-4)9-7-11/h6-10,14H,5H2,1-4H3,(H,18,22)(H,19,21,23). The lowest BCUT2D eigenvalue weighted by Gasteiger charge is -2.20. The Morgan fingerprint density at radius 3 is 2.44 bits per heavy atom. The number of aromatic nitrogens is 2. The van der Waals surface area contributed by atoms with Crippen LogP contribution >= 0.6 is 11.3 Å². The molecule has 7 nitrogen and oxygen atoms in total. The van der Waals surface area contributed by atoms with Crippen molar-refractivity contribution < 1.29 is 14.3 Å². The second-order valence-corrected chi connectivity index (χ2v) is 6.75. The van der Waals surface area contributed by atoms with Crippen molar-refractivity contribution in [3.8, 4) is 16.3 Å². The maximum absolute atomic E-state index is 12.4. The van der Waals surface area contributed by atoms with Crippen LogP contribution in [0.15, 0.2) is 24.3 Å². The summed E-state index contributed by atoms with van der Waals surface area (Å²) in [7, 11) is 1.61. The summed E-state index contributed by atoms with van der Waals surface area (Å²) in [6, 6.07) is 6.82. The van der Waals surface area contributed by atoms with Gasteiger partial charge in [-0.3, -0.25) is 14.9 Å². The van der Waals surface area contributed by atoms with Crippen molar-refractivity contribution in [3.63, 3.8) is 0 Å². The first-order chi connectivity index (χ1) is 11.9. The first-order valence-corrected chi connectivity index (χ1v) is 8.84. The minimum absolute atomic E-state index is 0.0375. The lowest BCUT2D eigenvalue weighted by Crippen LogP contribution is -2.46. The third-order valence-electron chi connectivity index (χ3n) is 3.58. The number of benzene rings is 1. The molecule has 1 heterocycles. The Kier molecular flexibility index (Phi) is 6.46. The molecule has 1 atom stereocenters. The zero-order valence-corrected chi connectivity index (χ0v) is 15.5. The molecule has 2 N–H and O–H groups in total. The highest BCUT2D eigenvalue weighted by atomic mass is 32.1. The molecular weight excluding hydrogens is 340 g/mol. The second-order valence-electron chi connectivity index (χ2n) is 5.77. The van der Waals surface area contributed by atoms with E-state index in [0.29, 0.717) is 16.6 Å². The maximum Gasteiger partial charge on any atom is 0.249 e. The first-order valence-electron chi connectivity index (χ1n) is 8.02. The number of carbonyl (C=O) groups excluding carboxylic acids is 2. The normalized spacial score (nSPS) is 11.9. The minimum Gasteiger partial charge on any atom is -0.497 e. The molecule has 0 saturated heterocycles. The van der Waals surface area contributed by atoms with Crippen LogP contribution in [0.2, 0.25) is 0 Å². The maximum atomic E-state index is 12.4. The van der Waals surface area contributed by atoms with Crippen molar-refractivity contribution in [3.05, 3.63) is 24.3 Å². The Bertz CT molecular complexity index is 728. The summed E-state index contributed by atoms with van der Waals surface area (Å²) < 4.78 is 5.13. The van der Waals surface area contributed by atoms with Crippen molar-refractivity contribution in [2.24, 2.45) is 5.92 Å². The monoisotopic (exact) mass is 362 g/mol. The average molecular weight is 362 g/mol. The lowest BCUT2D eigenvalue weighted by molar-refractivity contribution is -0.127. The molecule has 1 aromatic heterocycles. The third kappa shape index (κ3) is 4.99. The summed E-state index contributed by atoms with van der Waals surface area (Å²) in [6.07, 6.45) is 0.330. The molecule has 0 radical (unpaired) electrons. The lowest BCUT2D eigenvalue weighted by atomic mass is 10.0. The van der Waals surface area contributed by atoms with Gasteiger partial charge >= 0.3 is 0 Å². The first kappa shape index (κ1) is 18.9. The number of ether oxygens (including phenoxy) is 1. The Hall–Kier alpha value is -2.48. The predicted octanol–water partition coefficient (Wildman–Crippen LogP) is 2.70. The van der Waals surface area contributed by atoms with Gasteiger partial charge in [-0.05, 0) is 30.2 Å². The van der Waals surface area contributed by atoms with E-state index in [9.17, 15) is 9.59 Å². The van der Waals surface area contributed by atoms with Gasteiger partial charge in [0.15, 0.2) is 0 Å². The molecule has 134 valence electrons. The van der Waals surface area contributed by atoms with Crippen LogP contribution < -0.4 is 15.4 Å². The van der Waals surface area contributed by atoms with E-state index in [1.807, 2.05) is 38.1 Å². The zero-order valence-electron chi connectivity index (χ0n) is 14.7. The van der Waals surface area contributed by atoms with Crippen molar-refractivity contribution in [2.45, 2.75) is 33.2 Å². The number of anilines is 1. The van der Waals surface area contributed by atoms with Crippen LogP contribution in [-0.2, 0) is 9.59 Å². The van der Waals surface area contributed by atoms with Gasteiger partial charge in [0.1, 0.15) is 16.8 Å². The summed E-state index contributed by atoms with van der Waals surface area (Å²) in [5.41, 5.74) is 0.887. The van der Waals surface area contributed by atoms with E-state index < -0.39 is 6.04 Å². The molecule has 0 fully saturated rings. The average Bonchev–Trinajstić information content (AvgIpc) is 3.07. The Morgan fingerprint density at radius 1 is 1.20 bits per heavy atom. The molecule has 0 aliphatic rings. The summed E-state index contributed by atoms with van der Waals surface area (Å²) in [6.45, 7) is 5.50. The van der Waals surface area contributed by atoms with Crippen molar-refractivity contribution in [1.29, 1.82) is 0 Å². The van der Waals surface area contributed by atoms with Crippen LogP contribution in [0.4, 0.5) is 5.13 Å². The van der Waals surface area contributed by atoms with Crippen LogP contribution in [0.1, 0.15) is 27.2 Å². The van der Waals surface area contributed by atoms with Crippen LogP contribution in [0, 0.1) is 5.92 Å². The van der Waals surface area contributed by atoms with E-state index >= 15 is 0 Å². The molecule has 1 aromatic carbocycles. The van der Waals surface area contributed by atoms with Gasteiger partial charge in [0.25, 0.3) is 0 Å². The Labute approximate surface area is 150 Å². The van der Waals surface area contributed by atoms with Gasteiger partial charge in [-0.25, -0.2) is 0 Å². The van der Waals surface area contributed by atoms with Gasteiger partial charge in [-0.15, -0.1) is 10.2 Å². The number of carbonyl (C=O) groups is 2. The molecule has 1 unspecified atom stereocenters. The van der Waals surface area contributed by atoms with Gasteiger partial charge in [0.05, 0.1) is 7.11 Å². The van der Waals surface area contributed by atoms with Crippen molar-refractivity contribution >= 4 is 28.3 Å². The fourth-order valence-electron chi connectivity index (χ4n) is 2.12. The smallest absolute Gasteiger partial charge is 0.249 e. The quantitative estimate of drug-likeness (QED) is 0.790. The van der Waals surface area contributed by atoms with Gasteiger partial charge < -0.3 is 10.1 Å². The zero-order chi connectivity index (χ0) is 18.4. The largest absolute Gasteiger partial charge is 0.497 e. The van der Waals surface area contributed by atoms with E-state index in [2.05, 4.69) is 20.8 Å². The van der Waals surface area contributed by atoms with Crippen LogP contribution in [0.25, 0.3) is 10.6 Å². The molecule has 0 bridgehead atoms. The number of amides is 2. The summed E-state index contributed by atoms with van der Waals surface area (Å²) in [5, 5.41) is 14.7. The van der Waals surface area contributed by atoms with E-state index in [4.69, 9.17) is 4.74 Å². The summed E-state index contributed by atoms with van der Waals surface area (Å²) in [5.74, 6) is 0.261. The fraction of sp³-hybridized carbons (Fsp3) is 0.412. The summed E-state index contributed by atoms with van der Waals surface area (Å²) in [4.78, 5) is 24.0. The van der Waals surface area contributed by atoms with Crippen molar-refractivity contribution in [2.75, 3.05) is 12.4 Å². The van der Waals surface area contributed by atoms with Crippen LogP contribution in [-0.4, -0.2) is 35.2 Å². The summed E-state index contributed by atoms with van der Waals surface area (Å²) >= 11 is 1.27. The molecule has 2 amide bonds. The van der Waals surface area contributed by atoms with Crippen LogP contribution in [0.5, 0.6) is 5.75 Å². The number of nitrogens with zero attached hydrogens (tertiary/aromatic N) is 2. The number of hydrogen-bond donors (Lipinski definition) is 2. The third-order valence-corrected chi connectivity index (χ3v) is 4.47. The Morgan fingerprint density at radius 2 is 1.88 bits per heavy atom. The van der Waals surface area contributed by atoms with E-state index in [1.165, 1.54) is 11.3 Å². The van der Waals surface area contributed by atoms with Crippen LogP contribution in [0.3, 0.4) is 0 Å². The molecule has 0 aliphatic carbocycles. The molecule has 0 saturated carbocycles. The molecule has 2 aromatic rings. The van der Waals surface area contributed by atoms with Crippen molar-refractivity contribution in [1.82, 2.24) is 15.5 Å². The molecule has 25 heavy (non-hydrogen) atoms. The Balaban J connectivity index is 2.08. The van der Waals surface area contributed by atoms with E-state index in [1.54, 1.807) is 14.0 Å². The SMILES string of the molecule is CCC(=O)NC(C(=O)Nc1nnc(-c2ccc(OC)cc2)s1)C(C)C. The van der Waals surface area contributed by atoms with Gasteiger partial charge in [-0.1, -0.05) is 32.1 Å². The highest BCUT2D eigenvalue weighted by Crippen LogP contribution is 2.27.